The Kier molecular flexibility index (Phi) is 85.2. The Morgan fingerprint density at radius 3 is 1.28 bits per heavy atom. The van der Waals surface area contributed by atoms with Gasteiger partial charge in [-0.05, 0) is 351 Å². The minimum absolute atomic E-state index is 0. The zero-order valence-electron chi connectivity index (χ0n) is 91.8. The molecule has 9 saturated heterocycles. The fourth-order valence-corrected chi connectivity index (χ4v) is 17.0. The van der Waals surface area contributed by atoms with E-state index in [1.54, 1.807) is 47.1 Å². The second kappa shape index (κ2) is 85.2. The molecule has 1 amide bonds. The first-order chi connectivity index (χ1) is 68.6. The van der Waals surface area contributed by atoms with Gasteiger partial charge in [-0.25, -0.2) is 51.9 Å². The first kappa shape index (κ1) is 147. The Hall–Kier alpha value is -4.05. The van der Waals surface area contributed by atoms with Crippen molar-refractivity contribution in [1.29, 1.82) is 0 Å². The van der Waals surface area contributed by atoms with Gasteiger partial charge in [0.05, 0.1) is 82.3 Å². The van der Waals surface area contributed by atoms with Gasteiger partial charge in [0.15, 0.2) is 0 Å². The predicted molar refractivity (Wildman–Crippen MR) is 605 cm³/mol. The third kappa shape index (κ3) is 65.5. The molecule has 4 aromatic rings. The number of hydroxylamine groups is 2. The van der Waals surface area contributed by atoms with Gasteiger partial charge in [-0.1, -0.05) is 38.3 Å². The number of hydrogen-bond acceptors (Lipinski definition) is 29. The van der Waals surface area contributed by atoms with Gasteiger partial charge in [-0.3, -0.25) is 24.4 Å². The van der Waals surface area contributed by atoms with Crippen LogP contribution in [0.1, 0.15) is 283 Å². The molecule has 13 rings (SSSR count). The number of rotatable bonds is 19. The number of hydrogen-bond donors (Lipinski definition) is 6. The Morgan fingerprint density at radius 1 is 0.565 bits per heavy atom. The lowest BCUT2D eigenvalue weighted by atomic mass is 9.92. The van der Waals surface area contributed by atoms with Gasteiger partial charge < -0.3 is 78.1 Å². The summed E-state index contributed by atoms with van der Waals surface area (Å²) < 4.78 is 101. The zero-order chi connectivity index (χ0) is 110. The number of carboxylic acids is 1. The molecular weight excluding hydrogens is 2210 g/mol. The molecule has 0 bridgehead atoms. The van der Waals surface area contributed by atoms with Gasteiger partial charge in [0, 0.05) is 204 Å². The number of carbonyl (C=O) groups is 5. The van der Waals surface area contributed by atoms with Crippen LogP contribution in [0.2, 0.25) is 21.0 Å². The quantitative estimate of drug-likeness (QED) is 0.00965. The van der Waals surface area contributed by atoms with Crippen molar-refractivity contribution in [3.63, 3.8) is 0 Å². The van der Waals surface area contributed by atoms with E-state index in [1.807, 2.05) is 97.1 Å². The number of carboxylic acid groups (broad SMARTS) is 1. The Morgan fingerprint density at radius 2 is 0.939 bits per heavy atom. The normalized spacial score (nSPS) is 18.4. The van der Waals surface area contributed by atoms with Crippen LogP contribution in [-0.2, 0) is 109 Å². The molecule has 35 nitrogen and oxygen atoms in total. The average Bonchev–Trinajstić information content (AvgIpc) is 1.60. The summed E-state index contributed by atoms with van der Waals surface area (Å²) >= 11 is 29.2. The molecule has 9 fully saturated rings. The third-order valence-corrected chi connectivity index (χ3v) is 30.4. The van der Waals surface area contributed by atoms with Crippen LogP contribution in [0, 0.1) is 66.1 Å². The molecule has 7 atom stereocenters. The van der Waals surface area contributed by atoms with Gasteiger partial charge in [-0.15, -0.1) is 24.8 Å². The van der Waals surface area contributed by atoms with Gasteiger partial charge in [0.2, 0.25) is 21.8 Å². The highest BCUT2D eigenvalue weighted by molar-refractivity contribution is 9.11. The summed E-state index contributed by atoms with van der Waals surface area (Å²) in [5, 5.41) is 22.7. The highest BCUT2D eigenvalue weighted by atomic mass is 79.9. The van der Waals surface area contributed by atoms with E-state index in [0.717, 1.165) is 211 Å². The lowest BCUT2D eigenvalue weighted by molar-refractivity contribution is -0.176. The minimum Gasteiger partial charge on any atom is -0.481 e. The highest BCUT2D eigenvalue weighted by Gasteiger charge is 2.33. The summed E-state index contributed by atoms with van der Waals surface area (Å²) in [4.78, 5) is 83.8. The topological polar surface area (TPSA) is 454 Å². The van der Waals surface area contributed by atoms with E-state index >= 15 is 0 Å². The number of Topliss-reactive ketones (excluding diaryl/α,β-unsaturated/α-hetero) is 1. The number of esters is 2. The van der Waals surface area contributed by atoms with Crippen molar-refractivity contribution >= 4 is 188 Å². The number of ketones is 1. The standard InChI is InChI=1S/C17H22ClN3O3.C11H15BrClN3O.C11H23NO2S.C11H21NO2S.C8H15NO3.C7H15NO.C7H12O2.C6H10O3.C6H8O2.C4HBrCl2N2.C4H11NOS.C4H8O.C3H9N.C2H6.2ClH/c1-4-24-16(22)14-11(3)21(10(2)12-5-7-23-8-6-12)15-13(14)9-19-17(18)20-15;1-7(8-2-4-17-5-3-8)15-10-9(12)6-14-11(13)16-10;2*1-9(10-5-7-14-8-6-10)12-15(13)11(2,3)4;1-9(11-2)8(10)7-3-5-12-6-4-7;2*1-6(8)7-2-4-9-5-3-7;7-6(8)5-1-3-9-4-2-5;1-3-5-6(7)8-4-2;5-2-1-8-4(7)9-3(2)6;1-4(2,3)7(5)6;1-2-4-5-3-1;1-3-4-2;1-2;;/h9-10,12H,4-8H2,1-3H3;6-8H,2-5H2,1H3,(H,14,15,16);9-10,12H,5-8H2,1-4H3;10H,5-8H2,1-4H3;7H,3-6H2,1-2H3;6-7H,2-5,8H2,1H3;7H,2-5H2,1H3;5H,1-4H2,(H,7,8);4H2,1-2H3;1H;5H2,1-3H3;1-4H2;4H,3H2,1-2H3;1-2H3;2*1H/t;;9?,15-;15-;;;;;;;7-;;;;;/m..11......1...../s1. The molecule has 0 aliphatic carbocycles. The number of halogens is 8. The van der Waals surface area contributed by atoms with E-state index in [0.29, 0.717) is 138 Å². The van der Waals surface area contributed by atoms with E-state index in [2.05, 4.69) is 137 Å². The van der Waals surface area contributed by atoms with Gasteiger partial charge in [0.1, 0.15) is 33.4 Å². The van der Waals surface area contributed by atoms with Crippen molar-refractivity contribution in [3.05, 3.63) is 59.8 Å². The molecule has 0 saturated carbocycles. The van der Waals surface area contributed by atoms with E-state index in [4.69, 9.17) is 115 Å². The Bertz CT molecular complexity index is 4340. The molecule has 4 aromatic heterocycles. The lowest BCUT2D eigenvalue weighted by Gasteiger charge is -2.30. The van der Waals surface area contributed by atoms with E-state index < -0.39 is 44.9 Å². The van der Waals surface area contributed by atoms with Crippen LogP contribution in [0.3, 0.4) is 0 Å². The molecule has 4 unspecified atom stereocenters. The summed E-state index contributed by atoms with van der Waals surface area (Å²) in [6, 6.07) is 1.20. The molecule has 9 aliphatic heterocycles. The Balaban J connectivity index is -0.00000156. The van der Waals surface area contributed by atoms with Crippen LogP contribution < -0.4 is 26.2 Å². The maximum Gasteiger partial charge on any atom is 0.384 e. The molecule has 0 spiro atoms. The van der Waals surface area contributed by atoms with Crippen LogP contribution in [0.15, 0.2) is 31.9 Å². The molecule has 147 heavy (non-hydrogen) atoms. The number of nitrogens with zero attached hydrogens (tertiary/aromatic N) is 9. The number of amides is 1. The smallest absolute Gasteiger partial charge is 0.384 e. The monoisotopic (exact) mass is 2390 g/mol. The molecule has 9 aliphatic rings. The molecule has 8 N–H and O–H groups in total. The molecule has 46 heteroatoms. The molecule has 852 valence electrons. The van der Waals surface area contributed by atoms with Crippen molar-refractivity contribution in [3.8, 4) is 11.8 Å². The second-order valence-corrected chi connectivity index (χ2v) is 46.6. The SMILES string of the molecule is C1CCOC1.CC.CC#CC(=O)OCC.CC(=N[S@](=O)C(C)(C)C)C1CCOCC1.CC(=O)C1CCOCC1.CC(C)(C)[S@](N)=O.CC(N)C1CCOCC1.CC(N[S@](=O)C(C)(C)C)C1CCOCC1.CC(Nc1nc(Cl)ncc1Br)C1CCOCC1.CCNC.CCOC(=O)c1c(C)n(C(C)C2CCOCC2)c2nc(Cl)ncc12.CON(C)C(=O)C1CCOCC1.Cl.Cl.Clc1ncc(Br)c(Cl)n1.O=C(O)C1CCOCC1. The molecule has 0 aromatic carbocycles. The van der Waals surface area contributed by atoms with Crippen LogP contribution in [-0.4, -0.2) is 285 Å². The maximum absolute atomic E-state index is 12.4. The maximum atomic E-state index is 12.4. The zero-order valence-corrected chi connectivity index (χ0v) is 102. The average molecular weight is 2390 g/mol. The van der Waals surface area contributed by atoms with Crippen LogP contribution >= 0.6 is 103 Å². The summed E-state index contributed by atoms with van der Waals surface area (Å²) in [5.74, 6) is 7.40. The number of ether oxygens (including phenoxy) is 11. The van der Waals surface area contributed by atoms with E-state index in [9.17, 15) is 36.6 Å². The summed E-state index contributed by atoms with van der Waals surface area (Å²) in [6.45, 7) is 58.9. The predicted octanol–water partition coefficient (Wildman–Crippen LogP) is 20.0. The van der Waals surface area contributed by atoms with Crippen molar-refractivity contribution in [2.45, 2.75) is 306 Å². The van der Waals surface area contributed by atoms with Crippen LogP contribution in [0.5, 0.6) is 0 Å². The molecule has 0 radical (unpaired) electrons. The van der Waals surface area contributed by atoms with E-state index in [-0.39, 0.29) is 84.7 Å². The number of carbonyl (C=O) groups excluding carboxylic acids is 4. The summed E-state index contributed by atoms with van der Waals surface area (Å²) in [7, 11) is 1.80. The molecule has 13 heterocycles. The summed E-state index contributed by atoms with van der Waals surface area (Å²) in [6.07, 6.45) is 22.8. The largest absolute Gasteiger partial charge is 0.481 e. The highest BCUT2D eigenvalue weighted by Crippen LogP contribution is 2.36. The van der Waals surface area contributed by atoms with Gasteiger partial charge in [-0.2, -0.15) is 14.4 Å². The van der Waals surface area contributed by atoms with Crippen LogP contribution in [0.25, 0.3) is 11.0 Å². The van der Waals surface area contributed by atoms with E-state index in [1.165, 1.54) is 31.2 Å². The van der Waals surface area contributed by atoms with Crippen molar-refractivity contribution in [1.82, 2.24) is 49.6 Å². The number of nitrogens with two attached hydrogens (primary N) is 2. The fourth-order valence-electron chi connectivity index (χ4n) is 14.4. The minimum atomic E-state index is -1.18. The fraction of sp³-hybridized carbons (Fsp3) is 0.782. The molecular formula is C101H178Br2Cl6N14O21S3. The number of anilines is 1. The third-order valence-electron chi connectivity index (χ3n) is 23.7. The van der Waals surface area contributed by atoms with Crippen molar-refractivity contribution in [2.75, 3.05) is 165 Å². The lowest BCUT2D eigenvalue weighted by Crippen LogP contribution is -2.43. The van der Waals surface area contributed by atoms with Gasteiger partial charge >= 0.3 is 17.9 Å². The van der Waals surface area contributed by atoms with Crippen molar-refractivity contribution < 1.29 is 98.6 Å². The van der Waals surface area contributed by atoms with Crippen molar-refractivity contribution in [2.24, 2.45) is 62.6 Å². The number of aliphatic carboxylic acids is 1. The Labute approximate surface area is 934 Å². The first-order valence-electron chi connectivity index (χ1n) is 50.6. The number of fused-ring (bicyclic) bond motifs is 1. The van der Waals surface area contributed by atoms with Gasteiger partial charge in [0.25, 0.3) is 0 Å². The number of nitrogens with one attached hydrogen (secondary N) is 3. The number of aromatic nitrogens is 7. The first-order valence-corrected chi connectivity index (χ1v) is 57.2. The summed E-state index contributed by atoms with van der Waals surface area (Å²) in [5.41, 5.74) is 8.80. The second-order valence-electron chi connectivity index (χ2n) is 37.8. The van der Waals surface area contributed by atoms with Crippen LogP contribution in [0.4, 0.5) is 5.82 Å².